The number of amides is 1. The van der Waals surface area contributed by atoms with Gasteiger partial charge in [0.05, 0.1) is 16.4 Å². The highest BCUT2D eigenvalue weighted by atomic mass is 35.5. The van der Waals surface area contributed by atoms with E-state index < -0.39 is 17.8 Å². The van der Waals surface area contributed by atoms with Gasteiger partial charge in [-0.15, -0.1) is 11.3 Å². The minimum Gasteiger partial charge on any atom is -0.296 e. The number of carbonyl (C=O) groups is 1. The molecule has 1 amide bonds. The Labute approximate surface area is 154 Å². The molecule has 0 bridgehead atoms. The zero-order valence-corrected chi connectivity index (χ0v) is 14.5. The molecule has 0 radical (unpaired) electrons. The first kappa shape index (κ1) is 18.2. The first-order valence-electron chi connectivity index (χ1n) is 7.11. The van der Waals surface area contributed by atoms with Gasteiger partial charge in [-0.3, -0.25) is 10.1 Å². The standard InChI is InChI=1S/C16H10ClF3N4OS/c1-2-9-8-26-15(21-9)22-14(25)12-7-13(16(18,19)20)23-24(12)11-6-4-3-5-10(11)17/h2-8H,1H2,(H,21,22,25). The van der Waals surface area contributed by atoms with Crippen LogP contribution in [0.15, 0.2) is 42.3 Å². The number of carbonyl (C=O) groups excluding carboxylic acids is 1. The zero-order chi connectivity index (χ0) is 18.9. The van der Waals surface area contributed by atoms with E-state index in [2.05, 4.69) is 22.0 Å². The molecule has 0 unspecified atom stereocenters. The van der Waals surface area contributed by atoms with Gasteiger partial charge in [0.25, 0.3) is 5.91 Å². The van der Waals surface area contributed by atoms with E-state index in [9.17, 15) is 18.0 Å². The van der Waals surface area contributed by atoms with Crippen LogP contribution in [0.2, 0.25) is 5.02 Å². The maximum absolute atomic E-state index is 13.1. The van der Waals surface area contributed by atoms with E-state index >= 15 is 0 Å². The van der Waals surface area contributed by atoms with Crippen molar-refractivity contribution in [1.82, 2.24) is 14.8 Å². The molecule has 2 aromatic heterocycles. The monoisotopic (exact) mass is 398 g/mol. The minimum atomic E-state index is -4.71. The summed E-state index contributed by atoms with van der Waals surface area (Å²) in [6.07, 6.45) is -3.22. The second-order valence-corrected chi connectivity index (χ2v) is 6.28. The number of para-hydroxylation sites is 1. The third kappa shape index (κ3) is 3.63. The molecule has 0 fully saturated rings. The van der Waals surface area contributed by atoms with Crippen molar-refractivity contribution in [2.24, 2.45) is 0 Å². The molecule has 1 aromatic carbocycles. The molecular weight excluding hydrogens is 389 g/mol. The molecule has 0 aliphatic rings. The van der Waals surface area contributed by atoms with Crippen LogP contribution < -0.4 is 5.32 Å². The van der Waals surface area contributed by atoms with Gasteiger partial charge in [0.1, 0.15) is 5.69 Å². The van der Waals surface area contributed by atoms with Gasteiger partial charge < -0.3 is 0 Å². The molecule has 0 saturated heterocycles. The quantitative estimate of drug-likeness (QED) is 0.680. The van der Waals surface area contributed by atoms with Gasteiger partial charge in [-0.05, 0) is 18.2 Å². The van der Waals surface area contributed by atoms with Gasteiger partial charge in [0.2, 0.25) is 0 Å². The molecule has 0 saturated carbocycles. The molecule has 0 aliphatic heterocycles. The molecule has 5 nitrogen and oxygen atoms in total. The van der Waals surface area contributed by atoms with E-state index in [1.54, 1.807) is 17.5 Å². The molecule has 26 heavy (non-hydrogen) atoms. The average Bonchev–Trinajstić information content (AvgIpc) is 3.21. The highest BCUT2D eigenvalue weighted by Crippen LogP contribution is 2.31. The number of aromatic nitrogens is 3. The largest absolute Gasteiger partial charge is 0.435 e. The van der Waals surface area contributed by atoms with Crippen LogP contribution in [0.5, 0.6) is 0 Å². The molecule has 0 spiro atoms. The van der Waals surface area contributed by atoms with Crippen LogP contribution >= 0.6 is 22.9 Å². The molecule has 134 valence electrons. The van der Waals surface area contributed by atoms with Crippen molar-refractivity contribution in [3.8, 4) is 5.69 Å². The minimum absolute atomic E-state index is 0.153. The van der Waals surface area contributed by atoms with Crippen LogP contribution in [0.25, 0.3) is 11.8 Å². The topological polar surface area (TPSA) is 59.8 Å². The van der Waals surface area contributed by atoms with E-state index in [0.29, 0.717) is 11.8 Å². The summed E-state index contributed by atoms with van der Waals surface area (Å²) in [7, 11) is 0. The van der Waals surface area contributed by atoms with Crippen molar-refractivity contribution in [3.63, 3.8) is 0 Å². The van der Waals surface area contributed by atoms with Crippen molar-refractivity contribution in [2.45, 2.75) is 6.18 Å². The fourth-order valence-electron chi connectivity index (χ4n) is 2.09. The lowest BCUT2D eigenvalue weighted by Crippen LogP contribution is -2.17. The number of anilines is 1. The van der Waals surface area contributed by atoms with Crippen LogP contribution in [0.3, 0.4) is 0 Å². The number of halogens is 4. The van der Waals surface area contributed by atoms with E-state index in [1.807, 2.05) is 0 Å². The Morgan fingerprint density at radius 3 is 2.69 bits per heavy atom. The maximum Gasteiger partial charge on any atom is 0.435 e. The summed E-state index contributed by atoms with van der Waals surface area (Å²) >= 11 is 7.17. The fraction of sp³-hybridized carbons (Fsp3) is 0.0625. The number of benzene rings is 1. The summed E-state index contributed by atoms with van der Waals surface area (Å²) < 4.78 is 40.1. The molecule has 3 aromatic rings. The SMILES string of the molecule is C=Cc1csc(NC(=O)c2cc(C(F)(F)F)nn2-c2ccccc2Cl)n1. The smallest absolute Gasteiger partial charge is 0.296 e. The summed E-state index contributed by atoms with van der Waals surface area (Å²) in [6.45, 7) is 3.55. The van der Waals surface area contributed by atoms with Gasteiger partial charge >= 0.3 is 6.18 Å². The number of nitrogens with one attached hydrogen (secondary N) is 1. The zero-order valence-electron chi connectivity index (χ0n) is 12.9. The van der Waals surface area contributed by atoms with Gasteiger partial charge in [0.15, 0.2) is 10.8 Å². The maximum atomic E-state index is 13.1. The van der Waals surface area contributed by atoms with Crippen molar-refractivity contribution < 1.29 is 18.0 Å². The summed E-state index contributed by atoms with van der Waals surface area (Å²) in [5.41, 5.74) is -0.823. The third-order valence-electron chi connectivity index (χ3n) is 3.26. The van der Waals surface area contributed by atoms with Crippen LogP contribution in [0.1, 0.15) is 21.9 Å². The third-order valence-corrected chi connectivity index (χ3v) is 4.36. The van der Waals surface area contributed by atoms with E-state index in [4.69, 9.17) is 11.6 Å². The van der Waals surface area contributed by atoms with Crippen LogP contribution in [-0.2, 0) is 6.18 Å². The lowest BCUT2D eigenvalue weighted by molar-refractivity contribution is -0.141. The Morgan fingerprint density at radius 2 is 2.08 bits per heavy atom. The van der Waals surface area contributed by atoms with Crippen LogP contribution in [0.4, 0.5) is 18.3 Å². The van der Waals surface area contributed by atoms with Crippen molar-refractivity contribution >= 4 is 40.1 Å². The summed E-state index contributed by atoms with van der Waals surface area (Å²) in [6, 6.07) is 6.82. The second kappa shape index (κ2) is 6.93. The number of rotatable bonds is 4. The Hall–Kier alpha value is -2.65. The van der Waals surface area contributed by atoms with Crippen molar-refractivity contribution in [2.75, 3.05) is 5.32 Å². The Kier molecular flexibility index (Phi) is 4.84. The number of hydrogen-bond acceptors (Lipinski definition) is 4. The van der Waals surface area contributed by atoms with Gasteiger partial charge in [-0.1, -0.05) is 30.3 Å². The Morgan fingerprint density at radius 1 is 1.35 bits per heavy atom. The molecular formula is C16H10ClF3N4OS. The van der Waals surface area contributed by atoms with E-state index in [0.717, 1.165) is 16.0 Å². The molecule has 0 aliphatic carbocycles. The summed E-state index contributed by atoms with van der Waals surface area (Å²) in [5.74, 6) is -0.794. The predicted octanol–water partition coefficient (Wildman–Crippen LogP) is 4.90. The molecule has 0 atom stereocenters. The van der Waals surface area contributed by atoms with Crippen molar-refractivity contribution in [3.05, 3.63) is 64.4 Å². The molecule has 10 heteroatoms. The van der Waals surface area contributed by atoms with Crippen LogP contribution in [0, 0.1) is 0 Å². The lowest BCUT2D eigenvalue weighted by atomic mass is 10.3. The Balaban J connectivity index is 2.04. The first-order valence-corrected chi connectivity index (χ1v) is 8.37. The van der Waals surface area contributed by atoms with E-state index in [-0.39, 0.29) is 21.5 Å². The highest BCUT2D eigenvalue weighted by molar-refractivity contribution is 7.14. The fourth-order valence-corrected chi connectivity index (χ4v) is 2.99. The van der Waals surface area contributed by atoms with Crippen molar-refractivity contribution in [1.29, 1.82) is 0 Å². The average molecular weight is 399 g/mol. The van der Waals surface area contributed by atoms with Gasteiger partial charge in [-0.2, -0.15) is 18.3 Å². The number of alkyl halides is 3. The molecule has 1 N–H and O–H groups in total. The predicted molar refractivity (Wildman–Crippen MR) is 93.7 cm³/mol. The first-order chi connectivity index (χ1) is 12.3. The number of thiazole rings is 1. The molecule has 3 rings (SSSR count). The highest BCUT2D eigenvalue weighted by Gasteiger charge is 2.36. The van der Waals surface area contributed by atoms with E-state index in [1.165, 1.54) is 18.2 Å². The van der Waals surface area contributed by atoms with Gasteiger partial charge in [0, 0.05) is 11.4 Å². The normalized spacial score (nSPS) is 11.4. The number of nitrogens with zero attached hydrogens (tertiary/aromatic N) is 3. The Bertz CT molecular complexity index is 980. The summed E-state index contributed by atoms with van der Waals surface area (Å²) in [4.78, 5) is 16.6. The lowest BCUT2D eigenvalue weighted by Gasteiger charge is -2.08. The second-order valence-electron chi connectivity index (χ2n) is 5.01. The van der Waals surface area contributed by atoms with Gasteiger partial charge in [-0.25, -0.2) is 9.67 Å². The summed E-state index contributed by atoms with van der Waals surface area (Å²) in [5, 5.41) is 8.00. The van der Waals surface area contributed by atoms with Crippen LogP contribution in [-0.4, -0.2) is 20.7 Å². The number of hydrogen-bond donors (Lipinski definition) is 1. The molecule has 2 heterocycles.